The van der Waals surface area contributed by atoms with Crippen molar-refractivity contribution < 1.29 is 18.2 Å². The normalized spacial score (nSPS) is 17.7. The topological polar surface area (TPSA) is 97.5 Å². The summed E-state index contributed by atoms with van der Waals surface area (Å²) in [6.45, 7) is 12.9. The van der Waals surface area contributed by atoms with Crippen LogP contribution >= 0.6 is 0 Å². The number of aromatic nitrogens is 3. The average Bonchev–Trinajstić information content (AvgIpc) is 3.17. The van der Waals surface area contributed by atoms with E-state index < -0.39 is 21.2 Å². The second kappa shape index (κ2) is 9.22. The van der Waals surface area contributed by atoms with E-state index in [4.69, 9.17) is 4.65 Å². The van der Waals surface area contributed by atoms with Crippen molar-refractivity contribution in [3.8, 4) is 0 Å². The van der Waals surface area contributed by atoms with Gasteiger partial charge in [-0.15, -0.1) is 0 Å². The first-order chi connectivity index (χ1) is 16.3. The van der Waals surface area contributed by atoms with Crippen LogP contribution in [0.15, 0.2) is 41.7 Å². The maximum atomic E-state index is 13.7. The number of benzene rings is 1. The van der Waals surface area contributed by atoms with Gasteiger partial charge in [-0.25, -0.2) is 22.4 Å². The van der Waals surface area contributed by atoms with E-state index >= 15 is 0 Å². The molecular weight excluding hydrogens is 463 g/mol. The molecule has 0 saturated carbocycles. The van der Waals surface area contributed by atoms with Crippen LogP contribution < -0.4 is 10.4 Å². The summed E-state index contributed by atoms with van der Waals surface area (Å²) in [5, 5.41) is 11.2. The number of nitrogens with zero attached hydrogens (tertiary/aromatic N) is 4. The van der Waals surface area contributed by atoms with E-state index in [2.05, 4.69) is 21.8 Å². The number of hydrogen-bond acceptors (Lipinski definition) is 7. The molecule has 3 aromatic rings. The smallest absolute Gasteiger partial charge is 0.311 e. The SMILES string of the molecule is Cc1ccc(S(=O)(=O)n2cc(BOC(C)(C)C(C)(C)O)c3c(N4CCCC(C)C4)ncnc32)cc1. The van der Waals surface area contributed by atoms with Crippen LogP contribution in [0.3, 0.4) is 0 Å². The molecule has 0 amide bonds. The molecule has 188 valence electrons. The van der Waals surface area contributed by atoms with Crippen LogP contribution in [0.4, 0.5) is 5.82 Å². The molecule has 1 N–H and O–H groups in total. The van der Waals surface area contributed by atoms with Crippen molar-refractivity contribution in [1.82, 2.24) is 13.9 Å². The lowest BCUT2D eigenvalue weighted by Gasteiger charge is -2.37. The zero-order valence-corrected chi connectivity index (χ0v) is 22.3. The number of piperidine rings is 1. The Morgan fingerprint density at radius 3 is 2.46 bits per heavy atom. The zero-order valence-electron chi connectivity index (χ0n) is 21.4. The number of aliphatic hydroxyl groups is 1. The quantitative estimate of drug-likeness (QED) is 0.501. The number of anilines is 1. The highest BCUT2D eigenvalue weighted by Gasteiger charge is 2.37. The lowest BCUT2D eigenvalue weighted by atomic mass is 9.82. The summed E-state index contributed by atoms with van der Waals surface area (Å²) >= 11 is 0. The van der Waals surface area contributed by atoms with Crippen molar-refractivity contribution in [3.63, 3.8) is 0 Å². The molecule has 3 heterocycles. The van der Waals surface area contributed by atoms with Crippen molar-refractivity contribution in [2.24, 2.45) is 5.92 Å². The molecule has 0 aliphatic carbocycles. The van der Waals surface area contributed by atoms with E-state index in [0.29, 0.717) is 22.4 Å². The summed E-state index contributed by atoms with van der Waals surface area (Å²) in [4.78, 5) is 11.4. The maximum Gasteiger partial charge on any atom is 0.311 e. The summed E-state index contributed by atoms with van der Waals surface area (Å²) in [7, 11) is -3.79. The number of rotatable bonds is 7. The summed E-state index contributed by atoms with van der Waals surface area (Å²) in [5.41, 5.74) is 0.0107. The molecule has 2 aromatic heterocycles. The van der Waals surface area contributed by atoms with Crippen molar-refractivity contribution in [1.29, 1.82) is 0 Å². The molecule has 1 aliphatic heterocycles. The fourth-order valence-corrected chi connectivity index (χ4v) is 5.60. The van der Waals surface area contributed by atoms with Gasteiger partial charge in [0.1, 0.15) is 12.1 Å². The standard InChI is InChI=1S/C25H35BN4O4S/c1-17-9-11-19(12-10-17)35(32,33)30-15-20(26-34-25(5,6)24(3,4)31)21-22(27-16-28-23(21)30)29-13-7-8-18(2)14-29/h9-12,15-16,18,26,31H,7-8,13-14H2,1-6H3. The Kier molecular flexibility index (Phi) is 6.76. The molecule has 1 aliphatic rings. The third-order valence-corrected chi connectivity index (χ3v) is 8.87. The van der Waals surface area contributed by atoms with Crippen molar-refractivity contribution in [3.05, 3.63) is 42.4 Å². The minimum atomic E-state index is -3.90. The van der Waals surface area contributed by atoms with Gasteiger partial charge in [0.05, 0.1) is 21.5 Å². The van der Waals surface area contributed by atoms with Crippen LogP contribution in [0.2, 0.25) is 0 Å². The van der Waals surface area contributed by atoms with Gasteiger partial charge >= 0.3 is 7.48 Å². The van der Waals surface area contributed by atoms with Gasteiger partial charge in [-0.1, -0.05) is 24.6 Å². The Morgan fingerprint density at radius 1 is 1.14 bits per heavy atom. The maximum absolute atomic E-state index is 13.7. The van der Waals surface area contributed by atoms with Gasteiger partial charge in [0, 0.05) is 19.3 Å². The van der Waals surface area contributed by atoms with Crippen LogP contribution in [0.1, 0.15) is 53.0 Å². The Labute approximate surface area is 208 Å². The van der Waals surface area contributed by atoms with Gasteiger partial charge in [0.25, 0.3) is 10.0 Å². The molecule has 0 spiro atoms. The van der Waals surface area contributed by atoms with Gasteiger partial charge in [0.2, 0.25) is 0 Å². The summed E-state index contributed by atoms with van der Waals surface area (Å²) in [5.74, 6) is 1.24. The van der Waals surface area contributed by atoms with E-state index in [0.717, 1.165) is 37.3 Å². The highest BCUT2D eigenvalue weighted by Crippen LogP contribution is 2.30. The first-order valence-electron chi connectivity index (χ1n) is 12.1. The summed E-state index contributed by atoms with van der Waals surface area (Å²) in [6.07, 6.45) is 5.23. The van der Waals surface area contributed by atoms with E-state index in [1.54, 1.807) is 44.3 Å². The van der Waals surface area contributed by atoms with Crippen molar-refractivity contribution >= 4 is 39.8 Å². The minimum absolute atomic E-state index is 0.105. The van der Waals surface area contributed by atoms with E-state index in [1.807, 2.05) is 20.8 Å². The van der Waals surface area contributed by atoms with Gasteiger partial charge in [-0.05, 0) is 71.0 Å². The Bertz CT molecular complexity index is 1310. The van der Waals surface area contributed by atoms with Gasteiger partial charge in [0.15, 0.2) is 5.65 Å². The molecule has 8 nitrogen and oxygen atoms in total. The zero-order chi connectivity index (χ0) is 25.6. The van der Waals surface area contributed by atoms with E-state index in [9.17, 15) is 13.5 Å². The number of aryl methyl sites for hydroxylation is 1. The van der Waals surface area contributed by atoms with E-state index in [1.165, 1.54) is 10.3 Å². The summed E-state index contributed by atoms with van der Waals surface area (Å²) < 4.78 is 34.8. The molecule has 1 saturated heterocycles. The largest absolute Gasteiger partial charge is 0.427 e. The van der Waals surface area contributed by atoms with Crippen molar-refractivity contribution in [2.75, 3.05) is 18.0 Å². The highest BCUT2D eigenvalue weighted by molar-refractivity contribution is 7.90. The van der Waals surface area contributed by atoms with Crippen LogP contribution in [0.25, 0.3) is 11.0 Å². The van der Waals surface area contributed by atoms with Gasteiger partial charge in [-0.3, -0.25) is 0 Å². The Balaban J connectivity index is 1.87. The molecule has 4 rings (SSSR count). The third-order valence-electron chi connectivity index (χ3n) is 7.21. The third kappa shape index (κ3) is 4.97. The summed E-state index contributed by atoms with van der Waals surface area (Å²) in [6, 6.07) is 6.78. The fourth-order valence-electron chi connectivity index (χ4n) is 4.26. The first kappa shape index (κ1) is 25.7. The molecule has 0 bridgehead atoms. The predicted molar refractivity (Wildman–Crippen MR) is 140 cm³/mol. The lowest BCUT2D eigenvalue weighted by molar-refractivity contribution is -0.0893. The minimum Gasteiger partial charge on any atom is -0.427 e. The van der Waals surface area contributed by atoms with Crippen LogP contribution in [0.5, 0.6) is 0 Å². The second-order valence-corrected chi connectivity index (χ2v) is 12.5. The highest BCUT2D eigenvalue weighted by atomic mass is 32.2. The van der Waals surface area contributed by atoms with Crippen molar-refractivity contribution in [2.45, 2.75) is 70.5 Å². The molecular formula is C25H35BN4O4S. The predicted octanol–water partition coefficient (Wildman–Crippen LogP) is 2.76. The first-order valence-corrected chi connectivity index (χ1v) is 13.5. The Hall–Kier alpha value is -2.43. The molecule has 1 unspecified atom stereocenters. The molecule has 1 aromatic carbocycles. The fraction of sp³-hybridized carbons (Fsp3) is 0.520. The molecule has 35 heavy (non-hydrogen) atoms. The number of fused-ring (bicyclic) bond motifs is 1. The van der Waals surface area contributed by atoms with Crippen LogP contribution in [0, 0.1) is 12.8 Å². The van der Waals surface area contributed by atoms with Gasteiger partial charge in [-0.2, -0.15) is 0 Å². The molecule has 10 heteroatoms. The van der Waals surface area contributed by atoms with Crippen LogP contribution in [-0.2, 0) is 14.7 Å². The monoisotopic (exact) mass is 498 g/mol. The Morgan fingerprint density at radius 2 is 1.83 bits per heavy atom. The molecule has 1 fully saturated rings. The second-order valence-electron chi connectivity index (χ2n) is 10.7. The lowest BCUT2D eigenvalue weighted by Crippen LogP contribution is -2.49. The van der Waals surface area contributed by atoms with Crippen LogP contribution in [-0.4, -0.2) is 59.2 Å². The number of hydrogen-bond donors (Lipinski definition) is 1. The van der Waals surface area contributed by atoms with E-state index in [-0.39, 0.29) is 12.4 Å². The van der Waals surface area contributed by atoms with Gasteiger partial charge < -0.3 is 14.7 Å². The molecule has 0 radical (unpaired) electrons. The average molecular weight is 498 g/mol. The molecule has 1 atom stereocenters.